The van der Waals surface area contributed by atoms with Crippen molar-refractivity contribution in [2.24, 2.45) is 0 Å². The van der Waals surface area contributed by atoms with Crippen molar-refractivity contribution in [1.29, 1.82) is 0 Å². The van der Waals surface area contributed by atoms with Gasteiger partial charge in [0.15, 0.2) is 0 Å². The van der Waals surface area contributed by atoms with Crippen molar-refractivity contribution < 1.29 is 36.3 Å². The van der Waals surface area contributed by atoms with Crippen molar-refractivity contribution in [1.82, 2.24) is 29.2 Å². The number of anilines is 1. The number of carbonyl (C=O) groups excluding carboxylic acids is 2. The van der Waals surface area contributed by atoms with Crippen LogP contribution >= 0.6 is 0 Å². The van der Waals surface area contributed by atoms with Crippen LogP contribution < -0.4 is 10.6 Å². The minimum Gasteiger partial charge on any atom is -0.390 e. The van der Waals surface area contributed by atoms with Gasteiger partial charge in [0.25, 0.3) is 0 Å². The number of hydrogen-bond donors (Lipinski definition) is 3. The van der Waals surface area contributed by atoms with E-state index in [1.54, 1.807) is 35.0 Å². The molecule has 1 aromatic heterocycles. The molecule has 6 rings (SSSR count). The number of hydrogen-bond acceptors (Lipinski definition) is 7. The first-order valence-electron chi connectivity index (χ1n) is 16.8. The molecular formula is C34H42F3N7O5S. The molecule has 3 aliphatic heterocycles. The van der Waals surface area contributed by atoms with E-state index in [0.29, 0.717) is 47.6 Å². The number of amides is 3. The zero-order chi connectivity index (χ0) is 35.6. The molecule has 270 valence electrons. The van der Waals surface area contributed by atoms with E-state index in [1.165, 1.54) is 16.4 Å². The van der Waals surface area contributed by atoms with Crippen LogP contribution in [0.2, 0.25) is 0 Å². The number of nitrogens with one attached hydrogen (secondary N) is 2. The van der Waals surface area contributed by atoms with E-state index < -0.39 is 40.4 Å². The molecule has 3 aliphatic rings. The topological polar surface area (TPSA) is 140 Å². The number of benzene rings is 2. The number of sulfonamides is 1. The van der Waals surface area contributed by atoms with Crippen LogP contribution in [0.5, 0.6) is 0 Å². The summed E-state index contributed by atoms with van der Waals surface area (Å²) in [5.41, 5.74) is 1.30. The molecule has 0 bridgehead atoms. The van der Waals surface area contributed by atoms with Crippen LogP contribution in [-0.4, -0.2) is 100 Å². The van der Waals surface area contributed by atoms with Gasteiger partial charge in [-0.1, -0.05) is 24.3 Å². The van der Waals surface area contributed by atoms with Crippen molar-refractivity contribution in [3.8, 4) is 11.3 Å². The van der Waals surface area contributed by atoms with Gasteiger partial charge in [0.05, 0.1) is 30.2 Å². The molecule has 1 atom stereocenters. The Kier molecular flexibility index (Phi) is 10.5. The fourth-order valence-corrected chi connectivity index (χ4v) is 7.98. The molecular weight excluding hydrogens is 675 g/mol. The molecule has 3 aromatic rings. The zero-order valence-corrected chi connectivity index (χ0v) is 28.6. The summed E-state index contributed by atoms with van der Waals surface area (Å²) in [6.45, 7) is 2.52. The Labute approximate surface area is 289 Å². The van der Waals surface area contributed by atoms with Gasteiger partial charge in [0, 0.05) is 87.2 Å². The van der Waals surface area contributed by atoms with Crippen molar-refractivity contribution in [3.05, 3.63) is 70.9 Å². The van der Waals surface area contributed by atoms with E-state index in [9.17, 15) is 36.3 Å². The summed E-state index contributed by atoms with van der Waals surface area (Å²) in [5, 5.41) is 21.0. The average Bonchev–Trinajstić information content (AvgIpc) is 3.66. The van der Waals surface area contributed by atoms with Gasteiger partial charge in [0.1, 0.15) is 0 Å². The second-order valence-electron chi connectivity index (χ2n) is 13.2. The first-order valence-corrected chi connectivity index (χ1v) is 18.6. The lowest BCUT2D eigenvalue weighted by molar-refractivity contribution is -0.138. The maximum atomic E-state index is 14.1. The quantitative estimate of drug-likeness (QED) is 0.291. The lowest BCUT2D eigenvalue weighted by Gasteiger charge is -2.37. The Hall–Kier alpha value is -3.99. The van der Waals surface area contributed by atoms with Crippen molar-refractivity contribution in [2.75, 3.05) is 44.3 Å². The third kappa shape index (κ3) is 8.30. The molecule has 0 spiro atoms. The fourth-order valence-electron chi connectivity index (χ4n) is 7.19. The number of nitrogens with zero attached hydrogens (tertiary/aromatic N) is 5. The normalized spacial score (nSPS) is 18.7. The lowest BCUT2D eigenvalue weighted by atomic mass is 9.97. The van der Waals surface area contributed by atoms with Gasteiger partial charge < -0.3 is 25.5 Å². The van der Waals surface area contributed by atoms with Crippen molar-refractivity contribution in [3.63, 3.8) is 0 Å². The summed E-state index contributed by atoms with van der Waals surface area (Å²) in [5.74, 6) is 0.210. The van der Waals surface area contributed by atoms with Crippen LogP contribution in [0.4, 0.5) is 23.7 Å². The Morgan fingerprint density at radius 3 is 2.44 bits per heavy atom. The number of likely N-dealkylation sites (tertiary alicyclic amines) is 2. The van der Waals surface area contributed by atoms with Crippen LogP contribution in [-0.2, 0) is 47.0 Å². The summed E-state index contributed by atoms with van der Waals surface area (Å²) >= 11 is 0. The van der Waals surface area contributed by atoms with E-state index in [1.807, 2.05) is 4.90 Å². The predicted octanol–water partition coefficient (Wildman–Crippen LogP) is 3.66. The second kappa shape index (κ2) is 14.7. The summed E-state index contributed by atoms with van der Waals surface area (Å²) < 4.78 is 70.3. The molecule has 0 saturated carbocycles. The van der Waals surface area contributed by atoms with E-state index in [4.69, 9.17) is 5.10 Å². The van der Waals surface area contributed by atoms with Gasteiger partial charge in [-0.05, 0) is 49.1 Å². The van der Waals surface area contributed by atoms with Gasteiger partial charge in [-0.25, -0.2) is 13.2 Å². The Balaban J connectivity index is 1.22. The standard InChI is InChI=1S/C34H42F3N7O5S/c1-50(48,49)42-17-13-30-28(22-42)32(40-44(30)21-27(45)20-41-15-11-26(12-16-41)43-14-5-8-31(43)46)23-9-10-29(34(35,36)37)24(18-23)19-38-33(47)39-25-6-3-2-4-7-25/h2-4,6-7,9-10,18,26-27,45H,5,8,11-17,19-22H2,1H3,(H2,38,39,47). The number of aromatic nitrogens is 2. The number of rotatable bonds is 10. The molecule has 1 unspecified atom stereocenters. The Morgan fingerprint density at radius 1 is 1.04 bits per heavy atom. The number of aliphatic hydroxyl groups is 1. The number of aliphatic hydroxyl groups excluding tert-OH is 1. The number of β-amino-alcohol motifs (C(OH)–C–C–N with tert-alkyl or cyclic N) is 1. The molecule has 50 heavy (non-hydrogen) atoms. The average molecular weight is 718 g/mol. The van der Waals surface area contributed by atoms with Gasteiger partial charge in [-0.3, -0.25) is 9.48 Å². The molecule has 2 aromatic carbocycles. The van der Waals surface area contributed by atoms with Crippen LogP contribution in [0, 0.1) is 0 Å². The maximum Gasteiger partial charge on any atom is 0.416 e. The summed E-state index contributed by atoms with van der Waals surface area (Å²) in [6.07, 6.45) is -0.927. The van der Waals surface area contributed by atoms with Crippen LogP contribution in [0.1, 0.15) is 48.1 Å². The molecule has 2 saturated heterocycles. The predicted molar refractivity (Wildman–Crippen MR) is 180 cm³/mol. The molecule has 0 aliphatic carbocycles. The highest BCUT2D eigenvalue weighted by Gasteiger charge is 2.36. The number of fused-ring (bicyclic) bond motifs is 1. The second-order valence-corrected chi connectivity index (χ2v) is 15.2. The number of alkyl halides is 3. The number of piperidine rings is 1. The first-order chi connectivity index (χ1) is 23.8. The lowest BCUT2D eigenvalue weighted by Crippen LogP contribution is -2.47. The summed E-state index contributed by atoms with van der Waals surface area (Å²) in [4.78, 5) is 28.9. The molecule has 2 fully saturated rings. The third-order valence-corrected chi connectivity index (χ3v) is 10.9. The largest absolute Gasteiger partial charge is 0.416 e. The minimum atomic E-state index is -4.69. The third-order valence-electron chi connectivity index (χ3n) is 9.68. The minimum absolute atomic E-state index is 0.0174. The number of urea groups is 1. The van der Waals surface area contributed by atoms with E-state index >= 15 is 0 Å². The van der Waals surface area contributed by atoms with E-state index in [2.05, 4.69) is 15.5 Å². The highest BCUT2D eigenvalue weighted by atomic mass is 32.2. The highest BCUT2D eigenvalue weighted by molar-refractivity contribution is 7.88. The zero-order valence-electron chi connectivity index (χ0n) is 27.8. The molecule has 3 amide bonds. The Morgan fingerprint density at radius 2 is 1.78 bits per heavy atom. The molecule has 3 N–H and O–H groups in total. The van der Waals surface area contributed by atoms with E-state index in [0.717, 1.165) is 51.2 Å². The smallest absolute Gasteiger partial charge is 0.390 e. The van der Waals surface area contributed by atoms with Crippen LogP contribution in [0.3, 0.4) is 0 Å². The molecule has 4 heterocycles. The van der Waals surface area contributed by atoms with Crippen LogP contribution in [0.15, 0.2) is 48.5 Å². The SMILES string of the molecule is CS(=O)(=O)N1CCc2c(c(-c3ccc(C(F)(F)F)c(CNC(=O)Nc4ccccc4)c3)nn2CC(O)CN2CCC(N3CCCC3=O)CC2)C1. The van der Waals surface area contributed by atoms with Gasteiger partial charge in [-0.15, -0.1) is 0 Å². The summed E-state index contributed by atoms with van der Waals surface area (Å²) in [6, 6.07) is 11.6. The Bertz CT molecular complexity index is 1810. The fraction of sp³-hybridized carbons (Fsp3) is 0.500. The molecule has 12 nitrogen and oxygen atoms in total. The van der Waals surface area contributed by atoms with Gasteiger partial charge in [-0.2, -0.15) is 22.6 Å². The highest BCUT2D eigenvalue weighted by Crippen LogP contribution is 2.37. The van der Waals surface area contributed by atoms with E-state index in [-0.39, 0.29) is 37.1 Å². The van der Waals surface area contributed by atoms with Crippen molar-refractivity contribution in [2.45, 2.75) is 70.1 Å². The molecule has 0 radical (unpaired) electrons. The number of para-hydroxylation sites is 1. The first kappa shape index (κ1) is 35.8. The van der Waals surface area contributed by atoms with Gasteiger partial charge in [0.2, 0.25) is 15.9 Å². The van der Waals surface area contributed by atoms with Gasteiger partial charge >= 0.3 is 12.2 Å². The van der Waals surface area contributed by atoms with Crippen molar-refractivity contribution >= 4 is 27.6 Å². The number of halogens is 3. The summed E-state index contributed by atoms with van der Waals surface area (Å²) in [7, 11) is -3.58. The molecule has 16 heteroatoms. The number of carbonyl (C=O) groups is 2. The van der Waals surface area contributed by atoms with Crippen LogP contribution in [0.25, 0.3) is 11.3 Å². The monoisotopic (exact) mass is 717 g/mol. The maximum absolute atomic E-state index is 14.1.